The maximum absolute atomic E-state index is 13.2. The van der Waals surface area contributed by atoms with Gasteiger partial charge < -0.3 is 5.73 Å². The molecule has 0 fully saturated rings. The summed E-state index contributed by atoms with van der Waals surface area (Å²) in [4.78, 5) is 0. The third kappa shape index (κ3) is 3.36. The van der Waals surface area contributed by atoms with Crippen LogP contribution in [-0.4, -0.2) is 16.3 Å². The van der Waals surface area contributed by atoms with E-state index in [-0.39, 0.29) is 11.7 Å². The Balaban J connectivity index is 1.78. The Bertz CT molecular complexity index is 1040. The molecule has 0 radical (unpaired) electrons. The van der Waals surface area contributed by atoms with E-state index >= 15 is 0 Å². The van der Waals surface area contributed by atoms with Crippen molar-refractivity contribution in [2.24, 2.45) is 11.7 Å². The fraction of sp³-hybridized carbons (Fsp3) is 0.174. The van der Waals surface area contributed by atoms with E-state index in [4.69, 9.17) is 5.73 Å². The van der Waals surface area contributed by atoms with Gasteiger partial charge in [-0.3, -0.25) is 0 Å². The van der Waals surface area contributed by atoms with Gasteiger partial charge in [-0.25, -0.2) is 9.07 Å². The predicted octanol–water partition coefficient (Wildman–Crippen LogP) is 4.89. The topological polar surface area (TPSA) is 43.8 Å². The Kier molecular flexibility index (Phi) is 4.73. The van der Waals surface area contributed by atoms with Crippen molar-refractivity contribution in [2.45, 2.75) is 12.8 Å². The molecular formula is C23H22FN3. The predicted molar refractivity (Wildman–Crippen MR) is 108 cm³/mol. The van der Waals surface area contributed by atoms with Gasteiger partial charge in [0.05, 0.1) is 17.4 Å². The second kappa shape index (κ2) is 7.33. The Labute approximate surface area is 158 Å². The van der Waals surface area contributed by atoms with Crippen molar-refractivity contribution < 1.29 is 4.39 Å². The zero-order valence-electron chi connectivity index (χ0n) is 15.2. The zero-order valence-corrected chi connectivity index (χ0v) is 15.2. The van der Waals surface area contributed by atoms with Crippen molar-refractivity contribution in [1.82, 2.24) is 9.78 Å². The number of nitrogens with two attached hydrogens (primary N) is 1. The lowest BCUT2D eigenvalue weighted by molar-refractivity contribution is 0.524. The van der Waals surface area contributed by atoms with Crippen molar-refractivity contribution in [1.29, 1.82) is 0 Å². The van der Waals surface area contributed by atoms with Crippen LogP contribution in [0.15, 0.2) is 79.0 Å². The fourth-order valence-corrected chi connectivity index (χ4v) is 3.68. The summed E-state index contributed by atoms with van der Waals surface area (Å²) in [5, 5.41) is 5.56. The first kappa shape index (κ1) is 17.4. The van der Waals surface area contributed by atoms with Crippen molar-refractivity contribution in [3.8, 4) is 5.69 Å². The van der Waals surface area contributed by atoms with Crippen LogP contribution in [0.3, 0.4) is 0 Å². The minimum absolute atomic E-state index is 0.231. The van der Waals surface area contributed by atoms with Gasteiger partial charge in [-0.05, 0) is 60.0 Å². The number of benzene rings is 3. The number of fused-ring (bicyclic) bond motifs is 1. The van der Waals surface area contributed by atoms with E-state index in [2.05, 4.69) is 54.5 Å². The molecule has 1 heterocycles. The van der Waals surface area contributed by atoms with E-state index in [1.165, 1.54) is 23.3 Å². The molecule has 2 unspecified atom stereocenters. The van der Waals surface area contributed by atoms with E-state index in [0.717, 1.165) is 16.6 Å². The largest absolute Gasteiger partial charge is 0.330 e. The average Bonchev–Trinajstić information content (AvgIpc) is 3.13. The van der Waals surface area contributed by atoms with Gasteiger partial charge in [-0.2, -0.15) is 5.10 Å². The first-order valence-electron chi connectivity index (χ1n) is 9.16. The Morgan fingerprint density at radius 1 is 0.963 bits per heavy atom. The first-order valence-corrected chi connectivity index (χ1v) is 9.16. The SMILES string of the molecule is CC(CN)C(c1ccccc1)c1ccc2c(cnn2-c2ccc(F)cc2)c1. The molecule has 3 nitrogen and oxygen atoms in total. The molecule has 1 aromatic heterocycles. The summed E-state index contributed by atoms with van der Waals surface area (Å²) in [6, 6.07) is 23.3. The quantitative estimate of drug-likeness (QED) is 0.551. The molecule has 4 heteroatoms. The maximum atomic E-state index is 13.2. The molecule has 3 aromatic carbocycles. The van der Waals surface area contributed by atoms with Crippen molar-refractivity contribution in [3.05, 3.63) is 95.9 Å². The fourth-order valence-electron chi connectivity index (χ4n) is 3.68. The summed E-state index contributed by atoms with van der Waals surface area (Å²) in [5.41, 5.74) is 10.3. The smallest absolute Gasteiger partial charge is 0.123 e. The summed E-state index contributed by atoms with van der Waals surface area (Å²) in [7, 11) is 0. The highest BCUT2D eigenvalue weighted by Gasteiger charge is 2.21. The standard InChI is InChI=1S/C23H22FN3/c1-16(14-25)23(17-5-3-2-4-6-17)18-7-12-22-19(13-18)15-26-27(22)21-10-8-20(24)9-11-21/h2-13,15-16,23H,14,25H2,1H3. The maximum Gasteiger partial charge on any atom is 0.123 e. The van der Waals surface area contributed by atoms with Crippen LogP contribution in [0.25, 0.3) is 16.6 Å². The molecule has 0 aliphatic heterocycles. The molecule has 0 saturated carbocycles. The van der Waals surface area contributed by atoms with Crippen LogP contribution in [0.1, 0.15) is 24.0 Å². The van der Waals surface area contributed by atoms with Crippen LogP contribution in [0.5, 0.6) is 0 Å². The third-order valence-corrected chi connectivity index (χ3v) is 5.12. The van der Waals surface area contributed by atoms with Crippen molar-refractivity contribution >= 4 is 10.9 Å². The van der Waals surface area contributed by atoms with E-state index in [1.807, 2.05) is 16.9 Å². The summed E-state index contributed by atoms with van der Waals surface area (Å²) < 4.78 is 15.1. The Morgan fingerprint density at radius 2 is 1.70 bits per heavy atom. The molecule has 27 heavy (non-hydrogen) atoms. The van der Waals surface area contributed by atoms with E-state index in [1.54, 1.807) is 12.1 Å². The molecule has 4 rings (SSSR count). The van der Waals surface area contributed by atoms with E-state index in [0.29, 0.717) is 12.5 Å². The number of aromatic nitrogens is 2. The van der Waals surface area contributed by atoms with Gasteiger partial charge in [0.25, 0.3) is 0 Å². The molecule has 2 N–H and O–H groups in total. The molecule has 0 amide bonds. The second-order valence-corrected chi connectivity index (χ2v) is 6.95. The van der Waals surface area contributed by atoms with E-state index < -0.39 is 0 Å². The third-order valence-electron chi connectivity index (χ3n) is 5.12. The monoisotopic (exact) mass is 359 g/mol. The molecule has 4 aromatic rings. The van der Waals surface area contributed by atoms with Crippen LogP contribution in [-0.2, 0) is 0 Å². The highest BCUT2D eigenvalue weighted by atomic mass is 19.1. The first-order chi connectivity index (χ1) is 13.2. The van der Waals surface area contributed by atoms with E-state index in [9.17, 15) is 4.39 Å². The average molecular weight is 359 g/mol. The lowest BCUT2D eigenvalue weighted by atomic mass is 9.81. The highest BCUT2D eigenvalue weighted by Crippen LogP contribution is 2.33. The zero-order chi connectivity index (χ0) is 18.8. The molecule has 0 aliphatic rings. The van der Waals surface area contributed by atoms with Gasteiger partial charge in [0, 0.05) is 11.3 Å². The van der Waals surface area contributed by atoms with Crippen LogP contribution in [0.4, 0.5) is 4.39 Å². The van der Waals surface area contributed by atoms with Gasteiger partial charge in [0.15, 0.2) is 0 Å². The normalized spacial score (nSPS) is 13.6. The second-order valence-electron chi connectivity index (χ2n) is 6.95. The van der Waals surface area contributed by atoms with Crippen LogP contribution < -0.4 is 5.73 Å². The summed E-state index contributed by atoms with van der Waals surface area (Å²) >= 11 is 0. The van der Waals surface area contributed by atoms with Gasteiger partial charge in [-0.15, -0.1) is 0 Å². The molecule has 0 bridgehead atoms. The number of halogens is 1. The summed E-state index contributed by atoms with van der Waals surface area (Å²) in [6.45, 7) is 2.80. The minimum atomic E-state index is -0.251. The van der Waals surface area contributed by atoms with Crippen LogP contribution >= 0.6 is 0 Å². The van der Waals surface area contributed by atoms with Gasteiger partial charge in [-0.1, -0.05) is 43.3 Å². The van der Waals surface area contributed by atoms with Crippen molar-refractivity contribution in [3.63, 3.8) is 0 Å². The highest BCUT2D eigenvalue weighted by molar-refractivity contribution is 5.81. The number of hydrogen-bond acceptors (Lipinski definition) is 2. The number of hydrogen-bond donors (Lipinski definition) is 1. The van der Waals surface area contributed by atoms with Crippen LogP contribution in [0, 0.1) is 11.7 Å². The lowest BCUT2D eigenvalue weighted by Gasteiger charge is -2.24. The molecule has 0 saturated heterocycles. The number of nitrogens with zero attached hydrogens (tertiary/aromatic N) is 2. The lowest BCUT2D eigenvalue weighted by Crippen LogP contribution is -2.20. The van der Waals surface area contributed by atoms with Gasteiger partial charge >= 0.3 is 0 Å². The molecular weight excluding hydrogens is 337 g/mol. The summed E-state index contributed by atoms with van der Waals surface area (Å²) in [6.07, 6.45) is 1.86. The Morgan fingerprint density at radius 3 is 2.41 bits per heavy atom. The molecule has 2 atom stereocenters. The van der Waals surface area contributed by atoms with Crippen LogP contribution in [0.2, 0.25) is 0 Å². The van der Waals surface area contributed by atoms with Gasteiger partial charge in [0.2, 0.25) is 0 Å². The molecule has 0 aliphatic carbocycles. The van der Waals surface area contributed by atoms with Gasteiger partial charge in [0.1, 0.15) is 5.82 Å². The molecule has 136 valence electrons. The van der Waals surface area contributed by atoms with Crippen molar-refractivity contribution in [2.75, 3.05) is 6.54 Å². The molecule has 0 spiro atoms. The summed E-state index contributed by atoms with van der Waals surface area (Å²) in [5.74, 6) is 0.297. The number of rotatable bonds is 5. The minimum Gasteiger partial charge on any atom is -0.330 e. The Hall–Kier alpha value is -2.98.